The van der Waals surface area contributed by atoms with Gasteiger partial charge in [-0.05, 0) is 32.1 Å². The molecule has 0 saturated heterocycles. The molecule has 1 atom stereocenters. The van der Waals surface area contributed by atoms with Gasteiger partial charge in [0.1, 0.15) is 0 Å². The van der Waals surface area contributed by atoms with Crippen molar-refractivity contribution in [3.8, 4) is 11.5 Å². The number of hydrogen-bond donors (Lipinski definition) is 1. The van der Waals surface area contributed by atoms with Gasteiger partial charge in [0.15, 0.2) is 22.4 Å². The van der Waals surface area contributed by atoms with Gasteiger partial charge in [0.05, 0.1) is 20.3 Å². The lowest BCUT2D eigenvalue weighted by Gasteiger charge is -2.38. The van der Waals surface area contributed by atoms with E-state index in [2.05, 4.69) is 5.32 Å². The van der Waals surface area contributed by atoms with Crippen molar-refractivity contribution in [1.29, 1.82) is 0 Å². The number of allylic oxidation sites excluding steroid dienone is 1. The molecule has 0 aromatic heterocycles. The predicted octanol–water partition coefficient (Wildman–Crippen LogP) is 4.11. The summed E-state index contributed by atoms with van der Waals surface area (Å²) in [6.07, 6.45) is 0. The summed E-state index contributed by atoms with van der Waals surface area (Å²) in [5.74, 6) is 1.15. The van der Waals surface area contributed by atoms with Crippen LogP contribution in [0.4, 0.5) is 0 Å². The molecule has 0 radical (unpaired) electrons. The van der Waals surface area contributed by atoms with Crippen molar-refractivity contribution in [1.82, 2.24) is 10.2 Å². The molecule has 2 aromatic carbocycles. The Balaban J connectivity index is 2.20. The van der Waals surface area contributed by atoms with Crippen molar-refractivity contribution >= 4 is 23.1 Å². The first kappa shape index (κ1) is 19.9. The standard InChI is InChI=1S/C22H24N2O3S/c1-5-24-14(2)18(20(25)15-10-7-6-8-11-15)19(23-22(24)28)16-12-9-13-17(26-3)21(16)27-4/h6-13,19H,5H2,1-4H3,(H,23,28). The second-order valence-electron chi connectivity index (χ2n) is 6.40. The van der Waals surface area contributed by atoms with E-state index < -0.39 is 6.04 Å². The number of benzene rings is 2. The zero-order valence-electron chi connectivity index (χ0n) is 16.5. The fraction of sp³-hybridized carbons (Fsp3) is 0.273. The van der Waals surface area contributed by atoms with E-state index in [0.717, 1.165) is 11.3 Å². The molecule has 3 rings (SSSR count). The number of nitrogens with one attached hydrogen (secondary N) is 1. The molecular formula is C22H24N2O3S. The molecule has 28 heavy (non-hydrogen) atoms. The van der Waals surface area contributed by atoms with Gasteiger partial charge < -0.3 is 19.7 Å². The zero-order valence-corrected chi connectivity index (χ0v) is 17.3. The molecule has 0 aliphatic carbocycles. The first-order chi connectivity index (χ1) is 13.5. The third kappa shape index (κ3) is 3.47. The molecule has 1 aliphatic heterocycles. The lowest BCUT2D eigenvalue weighted by atomic mass is 9.88. The second kappa shape index (κ2) is 8.44. The molecular weight excluding hydrogens is 372 g/mol. The highest BCUT2D eigenvalue weighted by Gasteiger charge is 2.35. The maximum Gasteiger partial charge on any atom is 0.193 e. The first-order valence-electron chi connectivity index (χ1n) is 9.12. The summed E-state index contributed by atoms with van der Waals surface area (Å²) in [4.78, 5) is 15.4. The average Bonchev–Trinajstić information content (AvgIpc) is 2.73. The van der Waals surface area contributed by atoms with E-state index in [-0.39, 0.29) is 5.78 Å². The number of carbonyl (C=O) groups is 1. The van der Waals surface area contributed by atoms with Crippen LogP contribution in [-0.4, -0.2) is 36.6 Å². The van der Waals surface area contributed by atoms with Crippen molar-refractivity contribution in [2.24, 2.45) is 0 Å². The topological polar surface area (TPSA) is 50.8 Å². The average molecular weight is 397 g/mol. The summed E-state index contributed by atoms with van der Waals surface area (Å²) >= 11 is 5.57. The SMILES string of the molecule is CCN1C(=S)NC(c2cccc(OC)c2OC)C(C(=O)c2ccccc2)=C1C. The van der Waals surface area contributed by atoms with E-state index in [1.165, 1.54) is 0 Å². The Kier molecular flexibility index (Phi) is 5.99. The fourth-order valence-corrected chi connectivity index (χ4v) is 3.96. The second-order valence-corrected chi connectivity index (χ2v) is 6.79. The van der Waals surface area contributed by atoms with E-state index in [9.17, 15) is 4.79 Å². The van der Waals surface area contributed by atoms with Gasteiger partial charge in [-0.2, -0.15) is 0 Å². The molecule has 1 aliphatic rings. The summed E-state index contributed by atoms with van der Waals surface area (Å²) in [6.45, 7) is 4.62. The maximum absolute atomic E-state index is 13.5. The Bertz CT molecular complexity index is 925. The molecule has 1 N–H and O–H groups in total. The molecule has 0 bridgehead atoms. The van der Waals surface area contributed by atoms with Gasteiger partial charge in [0, 0.05) is 28.9 Å². The van der Waals surface area contributed by atoms with E-state index >= 15 is 0 Å². The van der Waals surface area contributed by atoms with E-state index in [4.69, 9.17) is 21.7 Å². The Labute approximate surface area is 170 Å². The lowest BCUT2D eigenvalue weighted by Crippen LogP contribution is -2.47. The van der Waals surface area contributed by atoms with E-state index in [1.807, 2.05) is 67.3 Å². The molecule has 0 saturated carbocycles. The Morgan fingerprint density at radius 3 is 2.43 bits per heavy atom. The molecule has 0 fully saturated rings. The van der Waals surface area contributed by atoms with Crippen LogP contribution in [0.2, 0.25) is 0 Å². The fourth-order valence-electron chi connectivity index (χ4n) is 3.57. The first-order valence-corrected chi connectivity index (χ1v) is 9.53. The lowest BCUT2D eigenvalue weighted by molar-refractivity contribution is 0.102. The number of ketones is 1. The third-order valence-electron chi connectivity index (χ3n) is 4.94. The smallest absolute Gasteiger partial charge is 0.193 e. The van der Waals surface area contributed by atoms with Gasteiger partial charge in [0.25, 0.3) is 0 Å². The molecule has 6 heteroatoms. The minimum atomic E-state index is -0.437. The van der Waals surface area contributed by atoms with Crippen LogP contribution in [0.3, 0.4) is 0 Å². The van der Waals surface area contributed by atoms with Gasteiger partial charge in [-0.15, -0.1) is 0 Å². The summed E-state index contributed by atoms with van der Waals surface area (Å²) in [5.41, 5.74) is 2.93. The van der Waals surface area contributed by atoms with E-state index in [0.29, 0.717) is 34.3 Å². The number of Topliss-reactive ketones (excluding diaryl/α,β-unsaturated/α-hetero) is 1. The summed E-state index contributed by atoms with van der Waals surface area (Å²) in [5, 5.41) is 3.92. The number of hydrogen-bond acceptors (Lipinski definition) is 4. The van der Waals surface area contributed by atoms with Crippen LogP contribution in [0.15, 0.2) is 59.8 Å². The summed E-state index contributed by atoms with van der Waals surface area (Å²) in [6, 6.07) is 14.5. The minimum absolute atomic E-state index is 0.0403. The number of para-hydroxylation sites is 1. The number of carbonyl (C=O) groups excluding carboxylic acids is 1. The number of thiocarbonyl (C=S) groups is 1. The molecule has 5 nitrogen and oxygen atoms in total. The predicted molar refractivity (Wildman–Crippen MR) is 114 cm³/mol. The summed E-state index contributed by atoms with van der Waals surface area (Å²) in [7, 11) is 3.19. The molecule has 1 unspecified atom stereocenters. The molecule has 0 spiro atoms. The van der Waals surface area contributed by atoms with Gasteiger partial charge in [-0.1, -0.05) is 42.5 Å². The van der Waals surface area contributed by atoms with Gasteiger partial charge in [0.2, 0.25) is 0 Å². The molecule has 146 valence electrons. The quantitative estimate of drug-likeness (QED) is 0.586. The zero-order chi connectivity index (χ0) is 20.3. The van der Waals surface area contributed by atoms with Gasteiger partial charge in [-0.3, -0.25) is 4.79 Å². The third-order valence-corrected chi connectivity index (χ3v) is 5.28. The summed E-state index contributed by atoms with van der Waals surface area (Å²) < 4.78 is 11.1. The largest absolute Gasteiger partial charge is 0.493 e. The molecule has 2 aromatic rings. The maximum atomic E-state index is 13.5. The highest BCUT2D eigenvalue weighted by molar-refractivity contribution is 7.80. The van der Waals surface area contributed by atoms with Crippen LogP contribution in [0, 0.1) is 0 Å². The van der Waals surface area contributed by atoms with Gasteiger partial charge >= 0.3 is 0 Å². The van der Waals surface area contributed by atoms with Crippen molar-refractivity contribution in [3.05, 3.63) is 70.9 Å². The van der Waals surface area contributed by atoms with Crippen molar-refractivity contribution in [3.63, 3.8) is 0 Å². The van der Waals surface area contributed by atoms with Crippen molar-refractivity contribution < 1.29 is 14.3 Å². The Morgan fingerprint density at radius 1 is 1.11 bits per heavy atom. The highest BCUT2D eigenvalue weighted by atomic mass is 32.1. The number of rotatable bonds is 6. The molecule has 0 amide bonds. The number of methoxy groups -OCH3 is 2. The van der Waals surface area contributed by atoms with Crippen molar-refractivity contribution in [2.75, 3.05) is 20.8 Å². The van der Waals surface area contributed by atoms with Crippen LogP contribution in [0.1, 0.15) is 35.8 Å². The van der Waals surface area contributed by atoms with Crippen molar-refractivity contribution in [2.45, 2.75) is 19.9 Å². The highest BCUT2D eigenvalue weighted by Crippen LogP contribution is 2.40. The van der Waals surface area contributed by atoms with Crippen LogP contribution >= 0.6 is 12.2 Å². The monoisotopic (exact) mass is 396 g/mol. The number of nitrogens with zero attached hydrogens (tertiary/aromatic N) is 1. The van der Waals surface area contributed by atoms with Gasteiger partial charge in [-0.25, -0.2) is 0 Å². The van der Waals surface area contributed by atoms with Crippen LogP contribution < -0.4 is 14.8 Å². The van der Waals surface area contributed by atoms with Crippen LogP contribution in [-0.2, 0) is 0 Å². The Hall–Kier alpha value is -2.86. The Morgan fingerprint density at radius 2 is 1.82 bits per heavy atom. The normalized spacial score (nSPS) is 16.6. The van der Waals surface area contributed by atoms with E-state index in [1.54, 1.807) is 14.2 Å². The number of ether oxygens (including phenoxy) is 2. The van der Waals surface area contributed by atoms with Crippen LogP contribution in [0.25, 0.3) is 0 Å². The molecule has 1 heterocycles. The van der Waals surface area contributed by atoms with Crippen LogP contribution in [0.5, 0.6) is 11.5 Å². The minimum Gasteiger partial charge on any atom is -0.493 e.